The molecule has 1 aliphatic heterocycles. The molecule has 6 nitrogen and oxygen atoms in total. The van der Waals surface area contributed by atoms with E-state index in [4.69, 9.17) is 4.42 Å². The molecule has 6 rings (SSSR count). The van der Waals surface area contributed by atoms with Crippen molar-refractivity contribution in [1.29, 1.82) is 0 Å². The predicted molar refractivity (Wildman–Crippen MR) is 186 cm³/mol. The number of hydrogen-bond donors (Lipinski definition) is 0. The molecule has 0 saturated carbocycles. The summed E-state index contributed by atoms with van der Waals surface area (Å²) in [4.78, 5) is 2.03. The molecule has 0 amide bonds. The Kier molecular flexibility index (Phi) is 8.80. The normalized spacial score (nSPS) is 12.5. The highest BCUT2D eigenvalue weighted by atomic mass is 32.2. The SMILES string of the molecule is CCCN(c1ccc2c(-c3ccccc3S(=O)(=O)[O-])c3ccc(=[N+](CCC)c4ccccc4C)cc-3oc2c1)c1ccccc1C. The van der Waals surface area contributed by atoms with Crippen LogP contribution in [-0.2, 0) is 10.1 Å². The van der Waals surface area contributed by atoms with E-state index in [9.17, 15) is 13.0 Å². The van der Waals surface area contributed by atoms with Crippen LogP contribution >= 0.6 is 0 Å². The molecule has 0 radical (unpaired) electrons. The number of hydrogen-bond acceptors (Lipinski definition) is 5. The third-order valence-electron chi connectivity index (χ3n) is 8.44. The van der Waals surface area contributed by atoms with Gasteiger partial charge >= 0.3 is 0 Å². The summed E-state index contributed by atoms with van der Waals surface area (Å²) in [6.45, 7) is 10.1. The van der Waals surface area contributed by atoms with Gasteiger partial charge in [0.25, 0.3) is 0 Å². The summed E-state index contributed by atoms with van der Waals surface area (Å²) in [6.07, 6.45) is 1.88. The van der Waals surface area contributed by atoms with Crippen LogP contribution in [0.1, 0.15) is 37.8 Å². The molecule has 234 valence electrons. The molecule has 46 heavy (non-hydrogen) atoms. The Bertz CT molecular complexity index is 2200. The minimum Gasteiger partial charge on any atom is -0.744 e. The lowest BCUT2D eigenvalue weighted by Crippen LogP contribution is -2.27. The number of nitrogens with zero attached hydrogens (tertiary/aromatic N) is 2. The van der Waals surface area contributed by atoms with Gasteiger partial charge in [-0.2, -0.15) is 4.58 Å². The zero-order chi connectivity index (χ0) is 32.4. The second-order valence-electron chi connectivity index (χ2n) is 11.7. The average Bonchev–Trinajstić information content (AvgIpc) is 3.05. The summed E-state index contributed by atoms with van der Waals surface area (Å²) in [6, 6.07) is 35.1. The molecule has 7 heteroatoms. The van der Waals surface area contributed by atoms with Gasteiger partial charge in [-0.05, 0) is 56.2 Å². The van der Waals surface area contributed by atoms with Gasteiger partial charge in [-0.25, -0.2) is 8.42 Å². The van der Waals surface area contributed by atoms with Crippen LogP contribution < -0.4 is 14.8 Å². The van der Waals surface area contributed by atoms with Gasteiger partial charge in [-0.15, -0.1) is 0 Å². The molecular formula is C39H38N2O4S. The first kappa shape index (κ1) is 31.3. The minimum atomic E-state index is -4.76. The molecule has 4 aromatic carbocycles. The van der Waals surface area contributed by atoms with E-state index in [0.717, 1.165) is 59.3 Å². The fourth-order valence-electron chi connectivity index (χ4n) is 6.34. The van der Waals surface area contributed by atoms with E-state index in [2.05, 4.69) is 61.4 Å². The quantitative estimate of drug-likeness (QED) is 0.0907. The molecule has 0 unspecified atom stereocenters. The lowest BCUT2D eigenvalue weighted by Gasteiger charge is -2.27. The first-order valence-corrected chi connectivity index (χ1v) is 17.2. The van der Waals surface area contributed by atoms with Crippen LogP contribution in [0.4, 0.5) is 17.1 Å². The minimum absolute atomic E-state index is 0.253. The van der Waals surface area contributed by atoms with Crippen molar-refractivity contribution in [2.24, 2.45) is 0 Å². The van der Waals surface area contributed by atoms with Crippen molar-refractivity contribution in [3.05, 3.63) is 126 Å². The standard InChI is InChI=1S/C39H38N2O4S/c1-5-23-40(34-16-10-7-13-27(34)3)29-19-21-31-36(25-29)45-37-26-30(41(24-6-2)35-17-11-8-14-28(35)4)20-22-32(37)39(31)33-15-9-12-18-38(33)46(42,43)44/h7-22,25-26H,5-6,23-24H2,1-4H3. The monoisotopic (exact) mass is 630 g/mol. The highest BCUT2D eigenvalue weighted by Crippen LogP contribution is 2.43. The largest absolute Gasteiger partial charge is 0.744 e. The van der Waals surface area contributed by atoms with Crippen molar-refractivity contribution in [3.63, 3.8) is 0 Å². The van der Waals surface area contributed by atoms with Gasteiger partial charge in [0.2, 0.25) is 11.0 Å². The summed E-state index contributed by atoms with van der Waals surface area (Å²) in [5.74, 6) is 0.600. The lowest BCUT2D eigenvalue weighted by molar-refractivity contribution is 0.463. The molecule has 0 spiro atoms. The van der Waals surface area contributed by atoms with Crippen molar-refractivity contribution in [1.82, 2.24) is 4.58 Å². The summed E-state index contributed by atoms with van der Waals surface area (Å²) in [5, 5.41) is 1.69. The second kappa shape index (κ2) is 12.9. The lowest BCUT2D eigenvalue weighted by atomic mass is 9.93. The first-order chi connectivity index (χ1) is 22.2. The number of rotatable bonds is 9. The molecular weight excluding hydrogens is 593 g/mol. The average molecular weight is 631 g/mol. The van der Waals surface area contributed by atoms with Crippen molar-refractivity contribution in [3.8, 4) is 22.5 Å². The van der Waals surface area contributed by atoms with Crippen LogP contribution in [0.15, 0.2) is 119 Å². The van der Waals surface area contributed by atoms with Crippen LogP contribution in [-0.4, -0.2) is 26.1 Å². The highest BCUT2D eigenvalue weighted by molar-refractivity contribution is 7.85. The highest BCUT2D eigenvalue weighted by Gasteiger charge is 2.23. The number of anilines is 2. The van der Waals surface area contributed by atoms with Gasteiger partial charge in [0.15, 0.2) is 0 Å². The third-order valence-corrected chi connectivity index (χ3v) is 9.34. The van der Waals surface area contributed by atoms with Gasteiger partial charge < -0.3 is 13.9 Å². The van der Waals surface area contributed by atoms with Gasteiger partial charge in [0.1, 0.15) is 28.0 Å². The number of fused-ring (bicyclic) bond motifs is 2. The summed E-state index contributed by atoms with van der Waals surface area (Å²) < 4.78 is 46.5. The molecule has 0 saturated heterocycles. The molecule has 1 heterocycles. The molecule has 1 aliphatic carbocycles. The Labute approximate surface area is 271 Å². The zero-order valence-electron chi connectivity index (χ0n) is 26.7. The van der Waals surface area contributed by atoms with E-state index >= 15 is 0 Å². The smallest absolute Gasteiger partial charge is 0.209 e. The predicted octanol–water partition coefficient (Wildman–Crippen LogP) is 8.79. The van der Waals surface area contributed by atoms with Crippen LogP contribution in [0, 0.1) is 13.8 Å². The van der Waals surface area contributed by atoms with E-state index in [1.54, 1.807) is 18.2 Å². The molecule has 4 aromatic rings. The molecule has 0 fully saturated rings. The Morgan fingerprint density at radius 2 is 1.48 bits per heavy atom. The molecule has 0 atom stereocenters. The Balaban J connectivity index is 1.70. The Morgan fingerprint density at radius 1 is 0.761 bits per heavy atom. The van der Waals surface area contributed by atoms with Crippen LogP contribution in [0.3, 0.4) is 0 Å². The van der Waals surface area contributed by atoms with Crippen LogP contribution in [0.5, 0.6) is 0 Å². The second-order valence-corrected chi connectivity index (χ2v) is 13.0. The maximum Gasteiger partial charge on any atom is 0.209 e. The maximum atomic E-state index is 12.5. The van der Waals surface area contributed by atoms with Crippen molar-refractivity contribution in [2.75, 3.05) is 18.0 Å². The van der Waals surface area contributed by atoms with Crippen LogP contribution in [0.2, 0.25) is 0 Å². The number of benzene rings is 5. The fourth-order valence-corrected chi connectivity index (χ4v) is 7.03. The molecule has 0 bridgehead atoms. The maximum absolute atomic E-state index is 12.5. The van der Waals surface area contributed by atoms with Gasteiger partial charge in [0, 0.05) is 70.2 Å². The van der Waals surface area contributed by atoms with Gasteiger partial charge in [-0.3, -0.25) is 0 Å². The zero-order valence-corrected chi connectivity index (χ0v) is 27.5. The van der Waals surface area contributed by atoms with E-state index in [-0.39, 0.29) is 4.90 Å². The Morgan fingerprint density at radius 3 is 2.20 bits per heavy atom. The fraction of sp³-hybridized carbons (Fsp3) is 0.205. The third kappa shape index (κ3) is 5.96. The van der Waals surface area contributed by atoms with Crippen molar-refractivity contribution in [2.45, 2.75) is 45.4 Å². The van der Waals surface area contributed by atoms with E-state index < -0.39 is 10.1 Å². The van der Waals surface area contributed by atoms with Gasteiger partial charge in [0.05, 0.1) is 11.0 Å². The van der Waals surface area contributed by atoms with Crippen molar-refractivity contribution < 1.29 is 17.4 Å². The summed E-state index contributed by atoms with van der Waals surface area (Å²) in [5.41, 5.74) is 7.86. The Hall–Kier alpha value is -4.72. The molecule has 2 aliphatic rings. The van der Waals surface area contributed by atoms with Crippen LogP contribution in [0.25, 0.3) is 33.4 Å². The van der Waals surface area contributed by atoms with Crippen molar-refractivity contribution >= 4 is 38.1 Å². The van der Waals surface area contributed by atoms with Gasteiger partial charge in [-0.1, -0.05) is 68.4 Å². The number of para-hydroxylation sites is 2. The summed E-state index contributed by atoms with van der Waals surface area (Å²) >= 11 is 0. The molecule has 0 aromatic heterocycles. The molecule has 0 N–H and O–H groups in total. The summed E-state index contributed by atoms with van der Waals surface area (Å²) in [7, 11) is -4.76. The van der Waals surface area contributed by atoms with E-state index in [1.807, 2.05) is 60.7 Å². The topological polar surface area (TPSA) is 76.6 Å². The number of aryl methyl sites for hydroxylation is 2. The van der Waals surface area contributed by atoms with E-state index in [0.29, 0.717) is 22.5 Å². The first-order valence-electron chi connectivity index (χ1n) is 15.8. The van der Waals surface area contributed by atoms with E-state index in [1.165, 1.54) is 17.2 Å².